The number of carbonyl (C=O) groups is 1. The second kappa shape index (κ2) is 6.07. The van der Waals surface area contributed by atoms with Crippen molar-refractivity contribution in [2.75, 3.05) is 6.61 Å². The van der Waals surface area contributed by atoms with E-state index in [0.717, 1.165) is 6.33 Å². The Morgan fingerprint density at radius 1 is 1.57 bits per heavy atom. The third kappa shape index (κ3) is 3.19. The number of alkyl halides is 1. The number of benzene rings is 1. The van der Waals surface area contributed by atoms with Crippen LogP contribution in [-0.2, 0) is 9.53 Å². The van der Waals surface area contributed by atoms with Crippen molar-refractivity contribution in [1.29, 1.82) is 0 Å². The highest BCUT2D eigenvalue weighted by Crippen LogP contribution is 2.21. The van der Waals surface area contributed by atoms with Gasteiger partial charge in [-0.15, -0.1) is 5.10 Å². The Hall–Kier alpha value is -2.84. The van der Waals surface area contributed by atoms with E-state index in [4.69, 9.17) is 0 Å². The molecule has 0 N–H and O–H groups in total. The van der Waals surface area contributed by atoms with Gasteiger partial charge >= 0.3 is 5.97 Å². The van der Waals surface area contributed by atoms with Gasteiger partial charge in [0.05, 0.1) is 11.5 Å². The number of rotatable bonds is 5. The Kier molecular flexibility index (Phi) is 4.21. The number of ether oxygens (including phenoxy) is 1. The molecule has 1 atom stereocenters. The summed E-state index contributed by atoms with van der Waals surface area (Å²) in [6, 6.07) is 5.59. The number of hydrogen-bond acceptors (Lipinski definition) is 6. The number of non-ortho nitro benzene ring substituents is 1. The van der Waals surface area contributed by atoms with Crippen molar-refractivity contribution in [3.63, 3.8) is 0 Å². The number of nitrogens with zero attached hydrogens (tertiary/aromatic N) is 4. The van der Waals surface area contributed by atoms with Crippen LogP contribution in [0.4, 0.5) is 10.1 Å². The van der Waals surface area contributed by atoms with Crippen molar-refractivity contribution in [2.45, 2.75) is 13.2 Å². The van der Waals surface area contributed by atoms with Crippen LogP contribution in [0.2, 0.25) is 0 Å². The van der Waals surface area contributed by atoms with Crippen molar-refractivity contribution in [2.24, 2.45) is 0 Å². The van der Waals surface area contributed by atoms with E-state index in [-0.39, 0.29) is 18.1 Å². The van der Waals surface area contributed by atoms with Gasteiger partial charge in [0, 0.05) is 17.7 Å². The van der Waals surface area contributed by atoms with E-state index in [0.29, 0.717) is 10.2 Å². The smallest absolute Gasteiger partial charge is 0.363 e. The summed E-state index contributed by atoms with van der Waals surface area (Å²) in [5.41, 5.74) is 0.213. The second-order valence-electron chi connectivity index (χ2n) is 3.94. The first-order chi connectivity index (χ1) is 10.0. The van der Waals surface area contributed by atoms with Crippen LogP contribution < -0.4 is 0 Å². The molecule has 21 heavy (non-hydrogen) atoms. The highest BCUT2D eigenvalue weighted by molar-refractivity contribution is 5.72. The molecule has 0 aliphatic carbocycles. The molecule has 110 valence electrons. The van der Waals surface area contributed by atoms with Gasteiger partial charge in [-0.1, -0.05) is 12.1 Å². The van der Waals surface area contributed by atoms with Crippen LogP contribution in [0.25, 0.3) is 11.4 Å². The van der Waals surface area contributed by atoms with Crippen molar-refractivity contribution < 1.29 is 18.8 Å². The van der Waals surface area contributed by atoms with E-state index in [1.807, 2.05) is 0 Å². The molecule has 2 aromatic rings. The van der Waals surface area contributed by atoms with Gasteiger partial charge in [-0.2, -0.15) is 0 Å². The molecule has 0 aliphatic rings. The highest BCUT2D eigenvalue weighted by Gasteiger charge is 2.22. The van der Waals surface area contributed by atoms with Gasteiger partial charge < -0.3 is 4.74 Å². The first-order valence-corrected chi connectivity index (χ1v) is 5.99. The fourth-order valence-electron chi connectivity index (χ4n) is 1.59. The van der Waals surface area contributed by atoms with E-state index >= 15 is 0 Å². The minimum atomic E-state index is -2.11. The molecule has 0 spiro atoms. The lowest BCUT2D eigenvalue weighted by Gasteiger charge is -2.06. The minimum absolute atomic E-state index is 0.0473. The molecule has 0 bridgehead atoms. The molecule has 1 heterocycles. The van der Waals surface area contributed by atoms with E-state index < -0.39 is 17.2 Å². The Bertz CT molecular complexity index is 673. The molecular formula is C12H11FN4O4. The third-order valence-electron chi connectivity index (χ3n) is 2.54. The third-order valence-corrected chi connectivity index (χ3v) is 2.54. The van der Waals surface area contributed by atoms with Gasteiger partial charge in [-0.25, -0.2) is 18.9 Å². The second-order valence-corrected chi connectivity index (χ2v) is 3.94. The molecule has 8 nitrogen and oxygen atoms in total. The zero-order valence-electron chi connectivity index (χ0n) is 11.0. The monoisotopic (exact) mass is 294 g/mol. The molecule has 9 heteroatoms. The molecule has 0 saturated carbocycles. The number of hydrogen-bond donors (Lipinski definition) is 0. The number of nitro groups is 1. The maximum Gasteiger partial charge on any atom is 0.363 e. The summed E-state index contributed by atoms with van der Waals surface area (Å²) in [7, 11) is 0. The zero-order valence-corrected chi connectivity index (χ0v) is 11.0. The topological polar surface area (TPSA) is 100 Å². The predicted molar refractivity (Wildman–Crippen MR) is 68.9 cm³/mol. The van der Waals surface area contributed by atoms with Crippen molar-refractivity contribution in [1.82, 2.24) is 14.8 Å². The molecule has 0 amide bonds. The van der Waals surface area contributed by atoms with Gasteiger partial charge in [0.25, 0.3) is 12.0 Å². The van der Waals surface area contributed by atoms with Gasteiger partial charge in [-0.05, 0) is 6.92 Å². The molecular weight excluding hydrogens is 283 g/mol. The SMILES string of the molecule is CCOC(=O)C(F)n1cnc(-c2cccc([N+](=O)[O-])c2)n1. The Labute approximate surface area is 118 Å². The number of halogens is 1. The average Bonchev–Trinajstić information content (AvgIpc) is 2.96. The van der Waals surface area contributed by atoms with E-state index in [9.17, 15) is 19.3 Å². The van der Waals surface area contributed by atoms with E-state index in [1.165, 1.54) is 18.2 Å². The molecule has 1 aromatic heterocycles. The highest BCUT2D eigenvalue weighted by atomic mass is 19.1. The van der Waals surface area contributed by atoms with Crippen LogP contribution in [0.1, 0.15) is 13.2 Å². The molecule has 0 saturated heterocycles. The van der Waals surface area contributed by atoms with Gasteiger partial charge in [-0.3, -0.25) is 10.1 Å². The fourth-order valence-corrected chi connectivity index (χ4v) is 1.59. The van der Waals surface area contributed by atoms with Crippen LogP contribution in [-0.4, -0.2) is 32.3 Å². The number of esters is 1. The molecule has 0 radical (unpaired) electrons. The van der Waals surface area contributed by atoms with Crippen LogP contribution in [0.15, 0.2) is 30.6 Å². The van der Waals surface area contributed by atoms with Crippen LogP contribution in [0.5, 0.6) is 0 Å². The van der Waals surface area contributed by atoms with Gasteiger partial charge in [0.2, 0.25) is 0 Å². The first kappa shape index (κ1) is 14.6. The van der Waals surface area contributed by atoms with Crippen LogP contribution in [0, 0.1) is 10.1 Å². The van der Waals surface area contributed by atoms with Gasteiger partial charge in [0.15, 0.2) is 5.82 Å². The van der Waals surface area contributed by atoms with E-state index in [1.54, 1.807) is 13.0 Å². The summed E-state index contributed by atoms with van der Waals surface area (Å²) in [6.45, 7) is 1.60. The number of aromatic nitrogens is 3. The number of carbonyl (C=O) groups excluding carboxylic acids is 1. The summed E-state index contributed by atoms with van der Waals surface area (Å²) >= 11 is 0. The predicted octanol–water partition coefficient (Wildman–Crippen LogP) is 1.88. The summed E-state index contributed by atoms with van der Waals surface area (Å²) in [6.07, 6.45) is -1.08. The Morgan fingerprint density at radius 3 is 3.00 bits per heavy atom. The fraction of sp³-hybridized carbons (Fsp3) is 0.250. The van der Waals surface area contributed by atoms with Gasteiger partial charge in [0.1, 0.15) is 6.33 Å². The minimum Gasteiger partial charge on any atom is -0.462 e. The average molecular weight is 294 g/mol. The maximum atomic E-state index is 13.7. The lowest BCUT2D eigenvalue weighted by molar-refractivity contribution is -0.384. The summed E-state index contributed by atoms with van der Waals surface area (Å²) in [5.74, 6) is -1.00. The summed E-state index contributed by atoms with van der Waals surface area (Å²) < 4.78 is 19.0. The zero-order chi connectivity index (χ0) is 15.4. The Morgan fingerprint density at radius 2 is 2.33 bits per heavy atom. The molecule has 2 rings (SSSR count). The quantitative estimate of drug-likeness (QED) is 0.474. The summed E-state index contributed by atoms with van der Waals surface area (Å²) in [5, 5.41) is 14.5. The molecule has 0 fully saturated rings. The first-order valence-electron chi connectivity index (χ1n) is 5.99. The molecule has 1 unspecified atom stereocenters. The van der Waals surface area contributed by atoms with E-state index in [2.05, 4.69) is 14.8 Å². The Balaban J connectivity index is 2.25. The largest absolute Gasteiger partial charge is 0.462 e. The number of nitro benzene ring substituents is 1. The van der Waals surface area contributed by atoms with Crippen molar-refractivity contribution >= 4 is 11.7 Å². The van der Waals surface area contributed by atoms with Crippen LogP contribution >= 0.6 is 0 Å². The molecule has 1 aromatic carbocycles. The van der Waals surface area contributed by atoms with Crippen molar-refractivity contribution in [3.8, 4) is 11.4 Å². The lowest BCUT2D eigenvalue weighted by atomic mass is 10.2. The lowest BCUT2D eigenvalue weighted by Crippen LogP contribution is -2.18. The van der Waals surface area contributed by atoms with Crippen LogP contribution in [0.3, 0.4) is 0 Å². The maximum absolute atomic E-state index is 13.7. The summed E-state index contributed by atoms with van der Waals surface area (Å²) in [4.78, 5) is 25.2. The van der Waals surface area contributed by atoms with Crippen molar-refractivity contribution in [3.05, 3.63) is 40.7 Å². The molecule has 0 aliphatic heterocycles. The standard InChI is InChI=1S/C12H11FN4O4/c1-2-21-12(18)10(13)16-7-14-11(15-16)8-4-3-5-9(6-8)17(19)20/h3-7,10H,2H2,1H3. The normalized spacial score (nSPS) is 11.9.